The van der Waals surface area contributed by atoms with Crippen LogP contribution >= 0.6 is 11.3 Å². The molecule has 0 bridgehead atoms. The van der Waals surface area contributed by atoms with Gasteiger partial charge in [-0.15, -0.1) is 11.3 Å². The molecule has 4 heteroatoms. The number of aromatic nitrogens is 1. The number of aliphatic imine (C=N–C) groups is 1. The van der Waals surface area contributed by atoms with Gasteiger partial charge >= 0.3 is 0 Å². The number of isocyanates is 1. The lowest BCUT2D eigenvalue weighted by atomic mass is 10.1. The highest BCUT2D eigenvalue weighted by molar-refractivity contribution is 7.25. The minimum Gasteiger partial charge on any atom is -0.261 e. The molecular weight excluding hydrogens is 220 g/mol. The predicted molar refractivity (Wildman–Crippen MR) is 64.9 cm³/mol. The minimum atomic E-state index is 0.588. The molecule has 0 fully saturated rings. The van der Waals surface area contributed by atoms with Gasteiger partial charge in [-0.05, 0) is 6.07 Å². The highest BCUT2D eigenvalue weighted by Gasteiger charge is 2.08. The molecule has 0 amide bonds. The van der Waals surface area contributed by atoms with Crippen LogP contribution in [0.1, 0.15) is 0 Å². The highest BCUT2D eigenvalue weighted by atomic mass is 32.1. The van der Waals surface area contributed by atoms with Crippen LogP contribution < -0.4 is 0 Å². The molecule has 0 unspecified atom stereocenters. The van der Waals surface area contributed by atoms with Gasteiger partial charge in [0, 0.05) is 21.7 Å². The van der Waals surface area contributed by atoms with E-state index < -0.39 is 0 Å². The van der Waals surface area contributed by atoms with Crippen LogP contribution in [-0.2, 0) is 4.79 Å². The number of hydrogen-bond acceptors (Lipinski definition) is 4. The number of fused-ring (bicyclic) bond motifs is 3. The smallest absolute Gasteiger partial charge is 0.240 e. The maximum absolute atomic E-state index is 10.4. The molecule has 0 aliphatic heterocycles. The summed E-state index contributed by atoms with van der Waals surface area (Å²) in [4.78, 5) is 18.1. The largest absolute Gasteiger partial charge is 0.261 e. The second-order valence-electron chi connectivity index (χ2n) is 3.33. The number of hydrogen-bond donors (Lipinski definition) is 0. The first-order valence-corrected chi connectivity index (χ1v) is 5.55. The molecule has 76 valence electrons. The molecule has 0 saturated heterocycles. The molecule has 0 spiro atoms. The lowest BCUT2D eigenvalue weighted by Crippen LogP contribution is -1.72. The van der Waals surface area contributed by atoms with Crippen LogP contribution in [0.25, 0.3) is 20.2 Å². The second kappa shape index (κ2) is 3.52. The molecule has 3 aromatic rings. The zero-order valence-electron chi connectivity index (χ0n) is 8.18. The summed E-state index contributed by atoms with van der Waals surface area (Å²) in [6, 6.07) is 8.05. The molecule has 0 radical (unpaired) electrons. The lowest BCUT2D eigenvalue weighted by molar-refractivity contribution is 0.565. The molecule has 1 aromatic carbocycles. The molecule has 3 rings (SSSR count). The maximum atomic E-state index is 10.4. The monoisotopic (exact) mass is 226 g/mol. The quantitative estimate of drug-likeness (QED) is 0.471. The first kappa shape index (κ1) is 9.21. The molecule has 0 atom stereocenters. The summed E-state index contributed by atoms with van der Waals surface area (Å²) >= 11 is 1.65. The Balaban J connectivity index is 2.57. The third-order valence-corrected chi connectivity index (χ3v) is 3.54. The summed E-state index contributed by atoms with van der Waals surface area (Å²) in [6.07, 6.45) is 4.96. The zero-order chi connectivity index (χ0) is 11.0. The van der Waals surface area contributed by atoms with Crippen LogP contribution in [-0.4, -0.2) is 11.1 Å². The van der Waals surface area contributed by atoms with Crippen LogP contribution in [0.5, 0.6) is 0 Å². The van der Waals surface area contributed by atoms with Gasteiger partial charge in [0.25, 0.3) is 0 Å². The van der Waals surface area contributed by atoms with E-state index in [1.54, 1.807) is 29.8 Å². The van der Waals surface area contributed by atoms with Crippen LogP contribution in [0.15, 0.2) is 41.7 Å². The third-order valence-electron chi connectivity index (χ3n) is 2.43. The van der Waals surface area contributed by atoms with E-state index in [4.69, 9.17) is 0 Å². The van der Waals surface area contributed by atoms with Crippen molar-refractivity contribution in [3.63, 3.8) is 0 Å². The molecule has 3 nitrogen and oxygen atoms in total. The predicted octanol–water partition coefficient (Wildman–Crippen LogP) is 3.42. The number of rotatable bonds is 1. The van der Waals surface area contributed by atoms with Gasteiger partial charge in [0.05, 0.1) is 10.9 Å². The lowest BCUT2D eigenvalue weighted by Gasteiger charge is -1.94. The van der Waals surface area contributed by atoms with Crippen LogP contribution in [0.4, 0.5) is 5.69 Å². The van der Waals surface area contributed by atoms with Crippen molar-refractivity contribution in [2.75, 3.05) is 0 Å². The normalized spacial score (nSPS) is 10.5. The Hall–Kier alpha value is -2.03. The van der Waals surface area contributed by atoms with Crippen molar-refractivity contribution < 1.29 is 4.79 Å². The van der Waals surface area contributed by atoms with Crippen molar-refractivity contribution in [3.05, 3.63) is 36.7 Å². The average Bonchev–Trinajstić information content (AvgIpc) is 2.68. The van der Waals surface area contributed by atoms with Crippen LogP contribution in [0, 0.1) is 0 Å². The summed E-state index contributed by atoms with van der Waals surface area (Å²) in [5, 5.41) is 2.10. The molecule has 16 heavy (non-hydrogen) atoms. The van der Waals surface area contributed by atoms with Crippen LogP contribution in [0.3, 0.4) is 0 Å². The van der Waals surface area contributed by atoms with Crippen molar-refractivity contribution in [1.29, 1.82) is 0 Å². The van der Waals surface area contributed by atoms with Crippen molar-refractivity contribution in [1.82, 2.24) is 4.98 Å². The summed E-state index contributed by atoms with van der Waals surface area (Å²) in [5.41, 5.74) is 0.588. The summed E-state index contributed by atoms with van der Waals surface area (Å²) < 4.78 is 2.21. The van der Waals surface area contributed by atoms with Gasteiger partial charge in [0.2, 0.25) is 6.08 Å². The Morgan fingerprint density at radius 1 is 1.19 bits per heavy atom. The van der Waals surface area contributed by atoms with Gasteiger partial charge in [-0.25, -0.2) is 4.79 Å². The Morgan fingerprint density at radius 2 is 2.06 bits per heavy atom. The van der Waals surface area contributed by atoms with E-state index in [0.29, 0.717) is 5.69 Å². The van der Waals surface area contributed by atoms with Crippen molar-refractivity contribution in [3.8, 4) is 0 Å². The number of nitrogens with zero attached hydrogens (tertiary/aromatic N) is 2. The number of pyridine rings is 1. The van der Waals surface area contributed by atoms with Gasteiger partial charge in [0.15, 0.2) is 0 Å². The Labute approximate surface area is 95.1 Å². The fraction of sp³-hybridized carbons (Fsp3) is 0. The minimum absolute atomic E-state index is 0.588. The van der Waals surface area contributed by atoms with Gasteiger partial charge in [-0.1, -0.05) is 18.2 Å². The van der Waals surface area contributed by atoms with E-state index >= 15 is 0 Å². The molecule has 0 N–H and O–H groups in total. The van der Waals surface area contributed by atoms with Gasteiger partial charge in [-0.3, -0.25) is 4.98 Å². The van der Waals surface area contributed by atoms with Crippen molar-refractivity contribution >= 4 is 43.3 Å². The Morgan fingerprint density at radius 3 is 2.94 bits per heavy atom. The van der Waals surface area contributed by atoms with Crippen molar-refractivity contribution in [2.45, 2.75) is 0 Å². The van der Waals surface area contributed by atoms with E-state index in [2.05, 4.69) is 16.0 Å². The Kier molecular flexibility index (Phi) is 2.03. The summed E-state index contributed by atoms with van der Waals surface area (Å²) in [7, 11) is 0. The first-order chi connectivity index (χ1) is 7.90. The topological polar surface area (TPSA) is 42.3 Å². The summed E-state index contributed by atoms with van der Waals surface area (Å²) in [5.74, 6) is 0. The summed E-state index contributed by atoms with van der Waals surface area (Å²) in [6.45, 7) is 0. The SMILES string of the molecule is O=C=Nc1cncc2sc3ccccc3c12. The fourth-order valence-corrected chi connectivity index (χ4v) is 2.89. The van der Waals surface area contributed by atoms with Crippen LogP contribution in [0.2, 0.25) is 0 Å². The zero-order valence-corrected chi connectivity index (χ0v) is 8.99. The maximum Gasteiger partial charge on any atom is 0.240 e. The Bertz CT molecular complexity index is 726. The second-order valence-corrected chi connectivity index (χ2v) is 4.42. The van der Waals surface area contributed by atoms with E-state index in [-0.39, 0.29) is 0 Å². The van der Waals surface area contributed by atoms with E-state index in [1.807, 2.05) is 18.2 Å². The molecule has 2 aromatic heterocycles. The first-order valence-electron chi connectivity index (χ1n) is 4.73. The number of benzene rings is 1. The van der Waals surface area contributed by atoms with Gasteiger partial charge in [-0.2, -0.15) is 4.99 Å². The molecule has 0 saturated carbocycles. The molecular formula is C12H6N2OS. The van der Waals surface area contributed by atoms with E-state index in [1.165, 1.54) is 4.70 Å². The van der Waals surface area contributed by atoms with Gasteiger partial charge in [0.1, 0.15) is 5.69 Å². The van der Waals surface area contributed by atoms with E-state index in [0.717, 1.165) is 15.5 Å². The number of thiophene rings is 1. The van der Waals surface area contributed by atoms with Gasteiger partial charge < -0.3 is 0 Å². The molecule has 0 aliphatic rings. The molecule has 0 aliphatic carbocycles. The highest BCUT2D eigenvalue weighted by Crippen LogP contribution is 2.38. The average molecular weight is 226 g/mol. The molecule has 2 heterocycles. The standard InChI is InChI=1S/C12H6N2OS/c15-7-14-9-5-13-6-11-12(9)8-3-1-2-4-10(8)16-11/h1-6H. The van der Waals surface area contributed by atoms with Crippen molar-refractivity contribution in [2.24, 2.45) is 4.99 Å². The van der Waals surface area contributed by atoms with E-state index in [9.17, 15) is 4.79 Å². The third kappa shape index (κ3) is 1.25. The number of carbonyl (C=O) groups excluding carboxylic acids is 1. The fourth-order valence-electron chi connectivity index (χ4n) is 1.79.